The van der Waals surface area contributed by atoms with Crippen molar-refractivity contribution in [3.8, 4) is 0 Å². The highest BCUT2D eigenvalue weighted by atomic mass is 35.5. The number of alkyl halides is 1. The van der Waals surface area contributed by atoms with Gasteiger partial charge in [0.25, 0.3) is 0 Å². The molecule has 0 rings (SSSR count). The normalized spacial score (nSPS) is 13.4. The van der Waals surface area contributed by atoms with Gasteiger partial charge in [-0.15, -0.1) is 0 Å². The van der Waals surface area contributed by atoms with Gasteiger partial charge in [-0.25, -0.2) is 0 Å². The van der Waals surface area contributed by atoms with E-state index in [0.717, 1.165) is 0 Å². The van der Waals surface area contributed by atoms with Gasteiger partial charge in [-0.1, -0.05) is 11.6 Å². The Hall–Kier alpha value is -0.280. The molecule has 0 amide bonds. The largest absolute Gasteiger partial charge is 0.550 e. The zero-order chi connectivity index (χ0) is 5.86. The van der Waals surface area contributed by atoms with E-state index in [9.17, 15) is 9.90 Å². The Bertz CT molecular complexity index is 70.6. The number of hydrogen-bond acceptors (Lipinski definition) is 3. The lowest BCUT2D eigenvalue weighted by Crippen LogP contribution is -2.25. The molecule has 0 aliphatic carbocycles. The van der Waals surface area contributed by atoms with Crippen LogP contribution < -0.4 is 5.11 Å². The molecule has 42 valence electrons. The molecule has 0 aromatic rings. The first-order valence-electron chi connectivity index (χ1n) is 1.65. The van der Waals surface area contributed by atoms with Crippen molar-refractivity contribution in [2.45, 2.75) is 12.0 Å². The number of carboxylic acids is 1. The van der Waals surface area contributed by atoms with E-state index >= 15 is 0 Å². The van der Waals surface area contributed by atoms with Crippen LogP contribution in [-0.2, 0) is 4.79 Å². The maximum atomic E-state index is 9.45. The first-order valence-corrected chi connectivity index (χ1v) is 2.08. The summed E-state index contributed by atoms with van der Waals surface area (Å²) in [6, 6.07) is 0. The van der Waals surface area contributed by atoms with Crippen molar-refractivity contribution in [2.75, 3.05) is 0 Å². The van der Waals surface area contributed by atoms with Crippen molar-refractivity contribution < 1.29 is 15.0 Å². The van der Waals surface area contributed by atoms with Gasteiger partial charge in [-0.2, -0.15) is 0 Å². The summed E-state index contributed by atoms with van der Waals surface area (Å²) < 4.78 is 0. The van der Waals surface area contributed by atoms with E-state index in [1.54, 1.807) is 0 Å². The van der Waals surface area contributed by atoms with Gasteiger partial charge in [0.15, 0.2) is 0 Å². The van der Waals surface area contributed by atoms with Gasteiger partial charge in [-0.05, 0) is 0 Å². The Balaban J connectivity index is 3.13. The van der Waals surface area contributed by atoms with Gasteiger partial charge in [0.05, 0.1) is 0 Å². The third kappa shape index (κ3) is 5.72. The summed E-state index contributed by atoms with van der Waals surface area (Å²) in [5, 5.41) is 17.5. The van der Waals surface area contributed by atoms with Crippen molar-refractivity contribution in [1.82, 2.24) is 0 Å². The minimum absolute atomic E-state index is 0.512. The van der Waals surface area contributed by atoms with Crippen LogP contribution in [0.5, 0.6) is 0 Å². The number of aliphatic hydroxyl groups excluding tert-OH is 1. The Morgan fingerprint density at radius 3 is 2.43 bits per heavy atom. The van der Waals surface area contributed by atoms with E-state index < -0.39 is 18.0 Å². The average molecular weight is 124 g/mol. The maximum Gasteiger partial charge on any atom is 0.133 e. The quantitative estimate of drug-likeness (QED) is 0.464. The topological polar surface area (TPSA) is 60.4 Å². The second-order valence-corrected chi connectivity index (χ2v) is 1.51. The van der Waals surface area contributed by atoms with Gasteiger partial charge in [-0.3, -0.25) is 0 Å². The lowest BCUT2D eigenvalue weighted by atomic mass is 10.5. The van der Waals surface area contributed by atoms with Crippen LogP contribution in [0.25, 0.3) is 0 Å². The number of rotatable bonds is 2. The zero-order valence-electron chi connectivity index (χ0n) is 3.43. The SMILES string of the molecule is O=C([O-])CC(O)Cl. The smallest absolute Gasteiger partial charge is 0.133 e. The van der Waals surface area contributed by atoms with Gasteiger partial charge in [0, 0.05) is 12.4 Å². The maximum absolute atomic E-state index is 9.45. The van der Waals surface area contributed by atoms with Crippen molar-refractivity contribution in [3.63, 3.8) is 0 Å². The predicted octanol–water partition coefficient (Wildman–Crippen LogP) is -1.32. The van der Waals surface area contributed by atoms with Crippen LogP contribution in [0.15, 0.2) is 0 Å². The molecule has 0 aliphatic rings. The van der Waals surface area contributed by atoms with Crippen molar-refractivity contribution in [2.24, 2.45) is 0 Å². The second kappa shape index (κ2) is 2.82. The van der Waals surface area contributed by atoms with E-state index in [2.05, 4.69) is 0 Å². The van der Waals surface area contributed by atoms with E-state index in [-0.39, 0.29) is 0 Å². The molecule has 7 heavy (non-hydrogen) atoms. The highest BCUT2D eigenvalue weighted by Gasteiger charge is 1.94. The Morgan fingerprint density at radius 2 is 2.43 bits per heavy atom. The van der Waals surface area contributed by atoms with Gasteiger partial charge in [0.1, 0.15) is 5.56 Å². The van der Waals surface area contributed by atoms with Gasteiger partial charge >= 0.3 is 0 Å². The lowest BCUT2D eigenvalue weighted by molar-refractivity contribution is -0.306. The van der Waals surface area contributed by atoms with Crippen LogP contribution in [0, 0.1) is 0 Å². The number of hydrogen-bond donors (Lipinski definition) is 1. The highest BCUT2D eigenvalue weighted by Crippen LogP contribution is 1.92. The van der Waals surface area contributed by atoms with Crippen LogP contribution in [0.2, 0.25) is 0 Å². The second-order valence-electron chi connectivity index (χ2n) is 1.01. The summed E-state index contributed by atoms with van der Waals surface area (Å²) in [5.41, 5.74) is -1.31. The van der Waals surface area contributed by atoms with Crippen LogP contribution in [-0.4, -0.2) is 16.6 Å². The molecule has 1 atom stereocenters. The standard InChI is InChI=1S/C3H5ClO3/c4-2(5)1-3(6)7/h2,5H,1H2,(H,6,7)/p-1. The number of carboxylic acid groups (broad SMARTS) is 1. The van der Waals surface area contributed by atoms with E-state index in [4.69, 9.17) is 16.7 Å². The Kier molecular flexibility index (Phi) is 2.71. The highest BCUT2D eigenvalue weighted by molar-refractivity contribution is 6.20. The number of carbonyl (C=O) groups is 1. The van der Waals surface area contributed by atoms with Crippen molar-refractivity contribution in [1.29, 1.82) is 0 Å². The van der Waals surface area contributed by atoms with Crippen LogP contribution in [0.1, 0.15) is 6.42 Å². The fourth-order valence-electron chi connectivity index (χ4n) is 0.138. The molecule has 0 aromatic carbocycles. The molecular formula is C3H4ClO3-. The third-order valence-corrected chi connectivity index (χ3v) is 0.489. The Morgan fingerprint density at radius 1 is 2.00 bits per heavy atom. The van der Waals surface area contributed by atoms with E-state index in [0.29, 0.717) is 0 Å². The average Bonchev–Trinajstić information content (AvgIpc) is 1.27. The molecule has 0 spiro atoms. The summed E-state index contributed by atoms with van der Waals surface area (Å²) in [4.78, 5) is 9.45. The molecule has 0 aliphatic heterocycles. The van der Waals surface area contributed by atoms with Crippen molar-refractivity contribution in [3.05, 3.63) is 0 Å². The number of halogens is 1. The molecular weight excluding hydrogens is 119 g/mol. The first-order chi connectivity index (χ1) is 3.13. The van der Waals surface area contributed by atoms with E-state index in [1.807, 2.05) is 0 Å². The molecule has 0 heterocycles. The van der Waals surface area contributed by atoms with Crippen LogP contribution in [0.3, 0.4) is 0 Å². The molecule has 1 N–H and O–H groups in total. The first kappa shape index (κ1) is 6.72. The molecule has 0 fully saturated rings. The summed E-state index contributed by atoms with van der Waals surface area (Å²) in [5.74, 6) is -1.34. The lowest BCUT2D eigenvalue weighted by Gasteiger charge is -1.99. The summed E-state index contributed by atoms with van der Waals surface area (Å²) >= 11 is 4.81. The third-order valence-electron chi connectivity index (χ3n) is 0.335. The fourth-order valence-corrected chi connectivity index (χ4v) is 0.264. The molecule has 0 saturated carbocycles. The molecule has 1 unspecified atom stereocenters. The summed E-state index contributed by atoms with van der Waals surface area (Å²) in [7, 11) is 0. The van der Waals surface area contributed by atoms with Crippen LogP contribution >= 0.6 is 11.6 Å². The summed E-state index contributed by atoms with van der Waals surface area (Å²) in [6.45, 7) is 0. The molecule has 0 radical (unpaired) electrons. The number of aliphatic hydroxyl groups is 1. The molecule has 0 saturated heterocycles. The summed E-state index contributed by atoms with van der Waals surface area (Å²) in [6.07, 6.45) is -0.512. The van der Waals surface area contributed by atoms with Gasteiger partial charge in [0.2, 0.25) is 0 Å². The van der Waals surface area contributed by atoms with E-state index in [1.165, 1.54) is 0 Å². The molecule has 0 aromatic heterocycles. The van der Waals surface area contributed by atoms with Crippen molar-refractivity contribution >= 4 is 17.6 Å². The minimum atomic E-state index is -1.34. The predicted molar refractivity (Wildman–Crippen MR) is 21.5 cm³/mol. The fraction of sp³-hybridized carbons (Fsp3) is 0.667. The molecule has 0 bridgehead atoms. The Labute approximate surface area is 45.5 Å². The minimum Gasteiger partial charge on any atom is -0.550 e. The number of aliphatic carboxylic acids is 1. The van der Waals surface area contributed by atoms with Crippen LogP contribution in [0.4, 0.5) is 0 Å². The number of carbonyl (C=O) groups excluding carboxylic acids is 1. The van der Waals surface area contributed by atoms with Gasteiger partial charge < -0.3 is 15.0 Å². The molecule has 3 nitrogen and oxygen atoms in total. The zero-order valence-corrected chi connectivity index (χ0v) is 4.18. The molecule has 4 heteroatoms. The monoisotopic (exact) mass is 123 g/mol.